The molecule has 0 aliphatic rings. The van der Waals surface area contributed by atoms with Crippen LogP contribution in [0, 0.1) is 0 Å². The largest absolute Gasteiger partial charge is 0.329 e. The maximum absolute atomic E-state index is 9.65. The molecule has 0 aromatic heterocycles. The molecule has 0 aliphatic heterocycles. The summed E-state index contributed by atoms with van der Waals surface area (Å²) in [6.07, 6.45) is 6.34. The molecule has 2 unspecified atom stereocenters. The summed E-state index contributed by atoms with van der Waals surface area (Å²) in [4.78, 5) is 29.0. The van der Waals surface area contributed by atoms with E-state index in [9.17, 15) is 14.7 Å². The van der Waals surface area contributed by atoms with Crippen molar-refractivity contribution in [2.75, 3.05) is 0 Å². The van der Waals surface area contributed by atoms with E-state index >= 15 is 0 Å². The van der Waals surface area contributed by atoms with Crippen LogP contribution in [0.15, 0.2) is 0 Å². The second kappa shape index (κ2) is 8.71. The maximum atomic E-state index is 9.65. The van der Waals surface area contributed by atoms with Crippen LogP contribution in [0.5, 0.6) is 0 Å². The standard InChI is InChI=1S/C12H29O3PS/c1-5-7-9-11(3)17(16(13,14)15)12(4)10-8-6-2/h11-15H,5-10H2,1-4H3. The number of unbranched alkanes of at least 4 members (excludes halogenated alkanes) is 2. The van der Waals surface area contributed by atoms with Gasteiger partial charge in [0.05, 0.1) is 0 Å². The van der Waals surface area contributed by atoms with Crippen molar-refractivity contribution in [2.45, 2.75) is 76.7 Å². The van der Waals surface area contributed by atoms with E-state index in [2.05, 4.69) is 13.8 Å². The first-order valence-corrected chi connectivity index (χ1v) is 10.2. The molecule has 106 valence electrons. The average molecular weight is 284 g/mol. The van der Waals surface area contributed by atoms with Gasteiger partial charge in [-0.1, -0.05) is 53.4 Å². The Balaban J connectivity index is 4.79. The van der Waals surface area contributed by atoms with Crippen molar-refractivity contribution in [1.29, 1.82) is 0 Å². The van der Waals surface area contributed by atoms with Gasteiger partial charge in [0.25, 0.3) is 6.72 Å². The summed E-state index contributed by atoms with van der Waals surface area (Å²) in [6.45, 7) is 4.65. The lowest BCUT2D eigenvalue weighted by atomic mass is 10.2. The molecule has 3 N–H and O–H groups in total. The highest BCUT2D eigenvalue weighted by atomic mass is 32.5. The van der Waals surface area contributed by atoms with Crippen LogP contribution in [0.4, 0.5) is 0 Å². The maximum Gasteiger partial charge on any atom is 0.277 e. The molecule has 0 saturated heterocycles. The summed E-state index contributed by atoms with van der Waals surface area (Å²) in [7, 11) is -0.656. The lowest BCUT2D eigenvalue weighted by Gasteiger charge is -2.27. The molecule has 0 saturated carbocycles. The van der Waals surface area contributed by atoms with E-state index < -0.39 is 16.8 Å². The molecule has 0 aliphatic carbocycles. The van der Waals surface area contributed by atoms with Gasteiger partial charge in [-0.2, -0.15) is 0 Å². The summed E-state index contributed by atoms with van der Waals surface area (Å²) in [5.74, 6) is 0. The second-order valence-electron chi connectivity index (χ2n) is 4.77. The third kappa shape index (κ3) is 6.97. The van der Waals surface area contributed by atoms with Crippen LogP contribution >= 0.6 is 6.72 Å². The molecule has 0 fully saturated rings. The molecular weight excluding hydrogens is 255 g/mol. The minimum absolute atomic E-state index is 0.204. The van der Waals surface area contributed by atoms with E-state index in [4.69, 9.17) is 0 Å². The van der Waals surface area contributed by atoms with E-state index in [1.165, 1.54) is 0 Å². The smallest absolute Gasteiger partial charge is 0.277 e. The van der Waals surface area contributed by atoms with Gasteiger partial charge < -0.3 is 14.7 Å². The van der Waals surface area contributed by atoms with Crippen LogP contribution in [0.3, 0.4) is 0 Å². The monoisotopic (exact) mass is 284 g/mol. The van der Waals surface area contributed by atoms with Gasteiger partial charge in [-0.3, -0.25) is 0 Å². The number of hydrogen-bond acceptors (Lipinski definition) is 0. The molecule has 0 aromatic carbocycles. The Labute approximate surface area is 108 Å². The van der Waals surface area contributed by atoms with Crippen molar-refractivity contribution in [3.63, 3.8) is 0 Å². The fourth-order valence-corrected chi connectivity index (χ4v) is 8.21. The zero-order chi connectivity index (χ0) is 13.5. The van der Waals surface area contributed by atoms with Crippen molar-refractivity contribution in [3.05, 3.63) is 0 Å². The Morgan fingerprint density at radius 1 is 0.882 bits per heavy atom. The molecule has 0 bridgehead atoms. The van der Waals surface area contributed by atoms with E-state index in [0.717, 1.165) is 38.5 Å². The highest BCUT2D eigenvalue weighted by Crippen LogP contribution is 2.42. The molecule has 0 amide bonds. The van der Waals surface area contributed by atoms with Crippen molar-refractivity contribution < 1.29 is 14.7 Å². The van der Waals surface area contributed by atoms with Crippen molar-refractivity contribution in [1.82, 2.24) is 0 Å². The molecular formula is C12H29O3PS. The average Bonchev–Trinajstić information content (AvgIpc) is 2.21. The fraction of sp³-hybridized carbons (Fsp3) is 1.00. The Morgan fingerprint density at radius 2 is 1.24 bits per heavy atom. The van der Waals surface area contributed by atoms with Gasteiger partial charge in [0, 0.05) is 10.5 Å². The van der Waals surface area contributed by atoms with Gasteiger partial charge in [0.15, 0.2) is 0 Å². The van der Waals surface area contributed by atoms with Gasteiger partial charge in [-0.25, -0.2) is 0 Å². The van der Waals surface area contributed by atoms with Crippen LogP contribution < -0.4 is 0 Å². The minimum Gasteiger partial charge on any atom is -0.329 e. The summed E-state index contributed by atoms with van der Waals surface area (Å²) < 4.78 is 0. The lowest BCUT2D eigenvalue weighted by molar-refractivity contribution is 0.362. The Morgan fingerprint density at radius 3 is 1.47 bits per heavy atom. The molecule has 0 aromatic rings. The molecule has 5 heteroatoms. The van der Waals surface area contributed by atoms with Gasteiger partial charge in [0.1, 0.15) is 0 Å². The first-order valence-electron chi connectivity index (χ1n) is 6.64. The van der Waals surface area contributed by atoms with Gasteiger partial charge >= 0.3 is 0 Å². The molecule has 0 heterocycles. The van der Waals surface area contributed by atoms with Crippen molar-refractivity contribution >= 4 is 16.8 Å². The molecule has 0 rings (SSSR count). The first-order chi connectivity index (χ1) is 7.84. The third-order valence-electron chi connectivity index (χ3n) is 3.04. The zero-order valence-electron chi connectivity index (χ0n) is 11.6. The first kappa shape index (κ1) is 17.7. The second-order valence-corrected chi connectivity index (χ2v) is 10.8. The molecule has 17 heavy (non-hydrogen) atoms. The topological polar surface area (TPSA) is 60.7 Å². The zero-order valence-corrected chi connectivity index (χ0v) is 13.3. The number of hydrogen-bond donors (Lipinski definition) is 3. The van der Waals surface area contributed by atoms with Crippen LogP contribution in [0.1, 0.15) is 66.2 Å². The van der Waals surface area contributed by atoms with Crippen LogP contribution in [-0.4, -0.2) is 25.2 Å². The summed E-state index contributed by atoms with van der Waals surface area (Å²) in [5.41, 5.74) is 0. The molecule has 2 atom stereocenters. The highest BCUT2D eigenvalue weighted by molar-refractivity contribution is 8.28. The molecule has 0 spiro atoms. The van der Waals surface area contributed by atoms with Crippen LogP contribution in [-0.2, 0) is 10.1 Å². The molecule has 3 nitrogen and oxygen atoms in total. The predicted molar refractivity (Wildman–Crippen MR) is 78.9 cm³/mol. The molecule has 0 radical (unpaired) electrons. The normalized spacial score (nSPS) is 17.8. The van der Waals surface area contributed by atoms with Gasteiger partial charge in [0.2, 0.25) is 0 Å². The Hall–Kier alpha value is 0.660. The lowest BCUT2D eigenvalue weighted by Crippen LogP contribution is -2.22. The quantitative estimate of drug-likeness (QED) is 0.599. The fourth-order valence-electron chi connectivity index (χ4n) is 2.10. The summed E-state index contributed by atoms with van der Waals surface area (Å²) in [5, 5.41) is 0.408. The minimum atomic E-state index is -3.69. The highest BCUT2D eigenvalue weighted by Gasteiger charge is 2.23. The number of rotatable bonds is 8. The van der Waals surface area contributed by atoms with E-state index in [-0.39, 0.29) is 10.5 Å². The predicted octanol–water partition coefficient (Wildman–Crippen LogP) is 3.42. The van der Waals surface area contributed by atoms with E-state index in [1.807, 2.05) is 13.8 Å². The van der Waals surface area contributed by atoms with E-state index in [0.29, 0.717) is 0 Å². The van der Waals surface area contributed by atoms with Crippen molar-refractivity contribution in [2.24, 2.45) is 0 Å². The van der Waals surface area contributed by atoms with Crippen molar-refractivity contribution in [3.8, 4) is 0 Å². The van der Waals surface area contributed by atoms with Crippen LogP contribution in [0.25, 0.3) is 0 Å². The SMILES string of the molecule is CCCCC(C)S(C(C)CCCC)=P(O)(O)O. The Kier molecular flexibility index (Phi) is 9.05. The van der Waals surface area contributed by atoms with Crippen LogP contribution in [0.2, 0.25) is 0 Å². The Bertz CT molecular complexity index is 238. The summed E-state index contributed by atoms with van der Waals surface area (Å²) in [6, 6.07) is 0. The summed E-state index contributed by atoms with van der Waals surface area (Å²) >= 11 is 0. The van der Waals surface area contributed by atoms with Gasteiger partial charge in [-0.15, -0.1) is 10.1 Å². The third-order valence-corrected chi connectivity index (χ3v) is 9.58. The van der Waals surface area contributed by atoms with E-state index in [1.54, 1.807) is 0 Å². The van der Waals surface area contributed by atoms with Gasteiger partial charge in [-0.05, 0) is 12.8 Å².